The van der Waals surface area contributed by atoms with E-state index in [9.17, 15) is 0 Å². The predicted molar refractivity (Wildman–Crippen MR) is 104 cm³/mol. The van der Waals surface area contributed by atoms with Crippen molar-refractivity contribution in [3.05, 3.63) is 65.2 Å². The molecule has 2 aromatic rings. The summed E-state index contributed by atoms with van der Waals surface area (Å²) in [5, 5.41) is 0. The second kappa shape index (κ2) is 7.80. The molecule has 0 amide bonds. The Morgan fingerprint density at radius 1 is 1.00 bits per heavy atom. The number of quaternary nitrogens is 1. The monoisotopic (exact) mass is 467 g/mol. The highest BCUT2D eigenvalue weighted by molar-refractivity contribution is 6.76. The van der Waals surface area contributed by atoms with Crippen LogP contribution in [0.1, 0.15) is 22.7 Å². The molecule has 0 fully saturated rings. The van der Waals surface area contributed by atoms with Crippen molar-refractivity contribution in [3.63, 3.8) is 0 Å². The molecule has 0 N–H and O–H groups in total. The van der Waals surface area contributed by atoms with Gasteiger partial charge >= 0.3 is 0 Å². The van der Waals surface area contributed by atoms with Crippen molar-refractivity contribution in [2.24, 2.45) is 0 Å². The second-order valence-electron chi connectivity index (χ2n) is 8.62. The molecule has 3 rings (SSSR count). The van der Waals surface area contributed by atoms with Gasteiger partial charge in [-0.25, -0.2) is 0 Å². The van der Waals surface area contributed by atoms with Gasteiger partial charge in [-0.1, -0.05) is 43.9 Å². The summed E-state index contributed by atoms with van der Waals surface area (Å²) in [6, 6.07) is 18.3. The molecule has 0 saturated heterocycles. The Hall–Kier alpha value is -0.853. The van der Waals surface area contributed by atoms with Crippen molar-refractivity contribution in [1.29, 1.82) is 0 Å². The zero-order chi connectivity index (χ0) is 17.4. The molecule has 0 aliphatic carbocycles. The molecular formula is C21H30INOSi. The van der Waals surface area contributed by atoms with Gasteiger partial charge in [-0.15, -0.1) is 0 Å². The van der Waals surface area contributed by atoms with Gasteiger partial charge < -0.3 is 33.2 Å². The van der Waals surface area contributed by atoms with Crippen molar-refractivity contribution in [3.8, 4) is 5.75 Å². The van der Waals surface area contributed by atoms with Gasteiger partial charge in [-0.05, 0) is 29.8 Å². The summed E-state index contributed by atoms with van der Waals surface area (Å²) in [5.74, 6) is 0.939. The summed E-state index contributed by atoms with van der Waals surface area (Å²) >= 11 is 0. The highest BCUT2D eigenvalue weighted by Crippen LogP contribution is 2.39. The fourth-order valence-electron chi connectivity index (χ4n) is 4.39. The molecule has 2 atom stereocenters. The van der Waals surface area contributed by atoms with Gasteiger partial charge in [0, 0.05) is 17.5 Å². The highest BCUT2D eigenvalue weighted by atomic mass is 127. The van der Waals surface area contributed by atoms with Crippen molar-refractivity contribution < 1.29 is 33.2 Å². The lowest BCUT2D eigenvalue weighted by Gasteiger charge is -2.48. The molecule has 0 aromatic heterocycles. The van der Waals surface area contributed by atoms with Crippen LogP contribution in [0.5, 0.6) is 5.75 Å². The van der Waals surface area contributed by atoms with E-state index >= 15 is 0 Å². The molecule has 0 unspecified atom stereocenters. The van der Waals surface area contributed by atoms with E-state index in [1.165, 1.54) is 22.9 Å². The Bertz CT molecular complexity index is 711. The molecule has 1 aliphatic rings. The van der Waals surface area contributed by atoms with Crippen LogP contribution < -0.4 is 28.7 Å². The lowest BCUT2D eigenvalue weighted by Crippen LogP contribution is -3.00. The first-order chi connectivity index (χ1) is 11.3. The summed E-state index contributed by atoms with van der Waals surface area (Å²) < 4.78 is 6.47. The van der Waals surface area contributed by atoms with E-state index in [-0.39, 0.29) is 24.0 Å². The topological polar surface area (TPSA) is 9.23 Å². The van der Waals surface area contributed by atoms with Crippen LogP contribution in [0, 0.1) is 0 Å². The average Bonchev–Trinajstić information content (AvgIpc) is 2.52. The van der Waals surface area contributed by atoms with Crippen LogP contribution in [0.2, 0.25) is 19.6 Å². The van der Waals surface area contributed by atoms with E-state index in [1.54, 1.807) is 7.11 Å². The van der Waals surface area contributed by atoms with E-state index in [4.69, 9.17) is 4.74 Å². The number of fused-ring (bicyclic) bond motifs is 1. The van der Waals surface area contributed by atoms with Crippen LogP contribution >= 0.6 is 0 Å². The standard InChI is InChI=1S/C21H30NOSi.HI/c1-22(16-24(3,4)5)15-19-9-7-6-8-18(19)14-21(22)17-10-12-20(23-2)13-11-17;/h6-13,21H,14-16H2,1-5H3;1H/q+1;/p-1/t21-,22+;/m0./s1. The van der Waals surface area contributed by atoms with Crippen LogP contribution in [-0.4, -0.2) is 32.9 Å². The van der Waals surface area contributed by atoms with Crippen LogP contribution in [0.25, 0.3) is 0 Å². The van der Waals surface area contributed by atoms with Gasteiger partial charge in [0.15, 0.2) is 0 Å². The molecular weight excluding hydrogens is 437 g/mol. The number of nitrogens with zero attached hydrogens (tertiary/aromatic N) is 1. The van der Waals surface area contributed by atoms with Crippen molar-refractivity contribution in [2.45, 2.75) is 38.6 Å². The van der Waals surface area contributed by atoms with Gasteiger partial charge in [-0.2, -0.15) is 0 Å². The average molecular weight is 467 g/mol. The Labute approximate surface area is 170 Å². The zero-order valence-corrected chi connectivity index (χ0v) is 19.2. The zero-order valence-electron chi connectivity index (χ0n) is 16.1. The quantitative estimate of drug-likeness (QED) is 0.379. The number of rotatable bonds is 4. The number of hydrogen-bond donors (Lipinski definition) is 0. The summed E-state index contributed by atoms with van der Waals surface area (Å²) in [6.45, 7) is 8.60. The third-order valence-electron chi connectivity index (χ3n) is 5.15. The number of likely N-dealkylation sites (N-methyl/N-ethyl adjacent to an activating group) is 1. The van der Waals surface area contributed by atoms with Gasteiger partial charge in [0.1, 0.15) is 26.4 Å². The second-order valence-corrected chi connectivity index (χ2v) is 14.1. The van der Waals surface area contributed by atoms with Crippen LogP contribution in [0.3, 0.4) is 0 Å². The van der Waals surface area contributed by atoms with Crippen molar-refractivity contribution in [1.82, 2.24) is 0 Å². The predicted octanol–water partition coefficient (Wildman–Crippen LogP) is 1.82. The van der Waals surface area contributed by atoms with E-state index in [2.05, 4.69) is 75.2 Å². The minimum atomic E-state index is -1.18. The van der Waals surface area contributed by atoms with E-state index in [0.717, 1.165) is 23.2 Å². The van der Waals surface area contributed by atoms with Gasteiger partial charge in [-0.3, -0.25) is 0 Å². The lowest BCUT2D eigenvalue weighted by atomic mass is 9.88. The molecule has 25 heavy (non-hydrogen) atoms. The minimum absolute atomic E-state index is 0. The maximum atomic E-state index is 5.35. The molecule has 0 bridgehead atoms. The minimum Gasteiger partial charge on any atom is -1.00 e. The first-order valence-corrected chi connectivity index (χ1v) is 12.6. The number of benzene rings is 2. The molecule has 1 heterocycles. The molecule has 1 aliphatic heterocycles. The highest BCUT2D eigenvalue weighted by Gasteiger charge is 2.41. The largest absolute Gasteiger partial charge is 1.00 e. The Kier molecular flexibility index (Phi) is 6.38. The molecule has 0 radical (unpaired) electrons. The lowest BCUT2D eigenvalue weighted by molar-refractivity contribution is -0.945. The van der Waals surface area contributed by atoms with Crippen molar-refractivity contribution >= 4 is 8.07 Å². The first-order valence-electron chi connectivity index (χ1n) is 8.86. The molecule has 4 heteroatoms. The summed E-state index contributed by atoms with van der Waals surface area (Å²) in [7, 11) is 3.01. The smallest absolute Gasteiger partial charge is 0.119 e. The molecule has 0 saturated carbocycles. The van der Waals surface area contributed by atoms with E-state index in [1.807, 2.05) is 0 Å². The van der Waals surface area contributed by atoms with Crippen molar-refractivity contribution in [2.75, 3.05) is 20.3 Å². The van der Waals surface area contributed by atoms with Gasteiger partial charge in [0.2, 0.25) is 0 Å². The number of methoxy groups -OCH3 is 1. The summed E-state index contributed by atoms with van der Waals surface area (Å²) in [5.41, 5.74) is 4.48. The number of halogens is 1. The van der Waals surface area contributed by atoms with Crippen LogP contribution in [0.15, 0.2) is 48.5 Å². The van der Waals surface area contributed by atoms with Gasteiger partial charge in [0.25, 0.3) is 0 Å². The summed E-state index contributed by atoms with van der Waals surface area (Å²) in [4.78, 5) is 0. The molecule has 136 valence electrons. The molecule has 2 aromatic carbocycles. The Morgan fingerprint density at radius 2 is 1.60 bits per heavy atom. The fraction of sp³-hybridized carbons (Fsp3) is 0.429. The molecule has 0 spiro atoms. The normalized spacial score (nSPS) is 22.7. The third kappa shape index (κ3) is 4.66. The molecule has 2 nitrogen and oxygen atoms in total. The summed E-state index contributed by atoms with van der Waals surface area (Å²) in [6.07, 6.45) is 2.43. The van der Waals surface area contributed by atoms with Crippen LogP contribution in [0.4, 0.5) is 0 Å². The van der Waals surface area contributed by atoms with Crippen LogP contribution in [-0.2, 0) is 13.0 Å². The maximum Gasteiger partial charge on any atom is 0.119 e. The third-order valence-corrected chi connectivity index (χ3v) is 6.82. The fourth-order valence-corrected chi connectivity index (χ4v) is 6.89. The Morgan fingerprint density at radius 3 is 2.16 bits per heavy atom. The van der Waals surface area contributed by atoms with Gasteiger partial charge in [0.05, 0.1) is 20.3 Å². The van der Waals surface area contributed by atoms with E-state index < -0.39 is 8.07 Å². The van der Waals surface area contributed by atoms with E-state index in [0.29, 0.717) is 6.04 Å². The Balaban J connectivity index is 0.00000225. The first kappa shape index (κ1) is 20.5. The number of hydrogen-bond acceptors (Lipinski definition) is 1. The number of ether oxygens (including phenoxy) is 1. The maximum absolute atomic E-state index is 5.35. The SMILES string of the molecule is COc1ccc([C@@H]2Cc3ccccc3C[N@+]2(C)C[Si](C)(C)C)cc1.[I-].